The summed E-state index contributed by atoms with van der Waals surface area (Å²) in [5.41, 5.74) is 0.621. The molecule has 2 aromatic carbocycles. The van der Waals surface area contributed by atoms with Crippen LogP contribution in [0.15, 0.2) is 36.4 Å². The molecule has 1 heterocycles. The minimum atomic E-state index is -5.08. The Kier molecular flexibility index (Phi) is 7.80. The van der Waals surface area contributed by atoms with E-state index in [1.807, 2.05) is 0 Å². The maximum atomic E-state index is 12.8. The summed E-state index contributed by atoms with van der Waals surface area (Å²) in [6.45, 7) is -0.726. The summed E-state index contributed by atoms with van der Waals surface area (Å²) in [6.07, 6.45) is -7.76. The molecule has 192 valence electrons. The van der Waals surface area contributed by atoms with Gasteiger partial charge in [0.25, 0.3) is 5.91 Å². The van der Waals surface area contributed by atoms with Crippen molar-refractivity contribution in [3.05, 3.63) is 53.1 Å². The third kappa shape index (κ3) is 6.28. The highest BCUT2D eigenvalue weighted by Gasteiger charge is 2.32. The number of carbonyl (C=O) groups is 3. The molecule has 2 amide bonds. The molecule has 0 fully saturated rings. The predicted molar refractivity (Wildman–Crippen MR) is 119 cm³/mol. The maximum Gasteiger partial charge on any atom is 0.573 e. The molecule has 3 rings (SSSR count). The van der Waals surface area contributed by atoms with Gasteiger partial charge in [0.05, 0.1) is 24.3 Å². The van der Waals surface area contributed by atoms with Crippen LogP contribution in [0.4, 0.5) is 24.5 Å². The van der Waals surface area contributed by atoms with E-state index in [0.717, 1.165) is 22.6 Å². The van der Waals surface area contributed by atoms with Crippen molar-refractivity contribution < 1.29 is 47.6 Å². The molecular weight excluding hydrogens is 489 g/mol. The van der Waals surface area contributed by atoms with Crippen molar-refractivity contribution in [3.63, 3.8) is 0 Å². The standard InChI is InChI=1S/C22H21F3N4O7/c23-22(24,25)36-13-2-4-16(15(8-13)21(34)35)29(5-6-30)18(32)9-17(31)20(33)28-12-1-3-14-11(7-12)10-27-19(14)26/h1-4,7-8,17,30-31H,5-6,9-10H2,(H2,26,27)(H,28,33)(H,34,35)/t17-/m1/s1. The Bertz CT molecular complexity index is 1200. The molecule has 6 N–H and O–H groups in total. The minimum Gasteiger partial charge on any atom is -0.478 e. The van der Waals surface area contributed by atoms with E-state index in [-0.39, 0.29) is 11.5 Å². The van der Waals surface area contributed by atoms with Gasteiger partial charge < -0.3 is 35.6 Å². The average molecular weight is 510 g/mol. The number of ether oxygens (including phenoxy) is 1. The van der Waals surface area contributed by atoms with Gasteiger partial charge >= 0.3 is 12.3 Å². The van der Waals surface area contributed by atoms with Crippen molar-refractivity contribution in [1.82, 2.24) is 5.32 Å². The summed E-state index contributed by atoms with van der Waals surface area (Å²) in [6, 6.07) is 6.95. The Labute approximate surface area is 201 Å². The van der Waals surface area contributed by atoms with Crippen LogP contribution in [0.1, 0.15) is 27.9 Å². The molecule has 0 saturated heterocycles. The monoisotopic (exact) mass is 510 g/mol. The number of benzene rings is 2. The number of carbonyl (C=O) groups excluding carboxylic acids is 2. The normalized spacial score (nSPS) is 13.4. The Hall–Kier alpha value is -4.17. The molecular formula is C22H21F3N4O7. The lowest BCUT2D eigenvalue weighted by molar-refractivity contribution is -0.274. The van der Waals surface area contributed by atoms with E-state index < -0.39 is 61.1 Å². The number of aliphatic hydroxyl groups excluding tert-OH is 2. The average Bonchev–Trinajstić information content (AvgIpc) is 3.16. The van der Waals surface area contributed by atoms with E-state index in [2.05, 4.69) is 15.4 Å². The number of hydrogen-bond acceptors (Lipinski definition) is 7. The van der Waals surface area contributed by atoms with Gasteiger partial charge in [0.2, 0.25) is 5.91 Å². The first kappa shape index (κ1) is 26.4. The van der Waals surface area contributed by atoms with Gasteiger partial charge in [0.1, 0.15) is 17.7 Å². The van der Waals surface area contributed by atoms with E-state index in [0.29, 0.717) is 23.9 Å². The van der Waals surface area contributed by atoms with Gasteiger partial charge in [0.15, 0.2) is 0 Å². The number of halogens is 3. The Morgan fingerprint density at radius 3 is 2.56 bits per heavy atom. The smallest absolute Gasteiger partial charge is 0.478 e. The minimum absolute atomic E-state index is 0.233. The highest BCUT2D eigenvalue weighted by Crippen LogP contribution is 2.30. The number of nitrogens with zero attached hydrogens (tertiary/aromatic N) is 1. The molecule has 0 aliphatic carbocycles. The van der Waals surface area contributed by atoms with Gasteiger partial charge in [-0.3, -0.25) is 15.0 Å². The van der Waals surface area contributed by atoms with Crippen LogP contribution >= 0.6 is 0 Å². The number of carboxylic acid groups (broad SMARTS) is 1. The van der Waals surface area contributed by atoms with Crippen molar-refractivity contribution in [3.8, 4) is 5.75 Å². The van der Waals surface area contributed by atoms with E-state index in [1.54, 1.807) is 12.1 Å². The first-order valence-electron chi connectivity index (χ1n) is 10.4. The van der Waals surface area contributed by atoms with Crippen LogP contribution in [-0.2, 0) is 16.1 Å². The number of anilines is 2. The number of alkyl halides is 3. The van der Waals surface area contributed by atoms with Crippen molar-refractivity contribution in [1.29, 1.82) is 5.41 Å². The topological polar surface area (TPSA) is 172 Å². The zero-order valence-electron chi connectivity index (χ0n) is 18.4. The van der Waals surface area contributed by atoms with Crippen LogP contribution in [0, 0.1) is 5.41 Å². The third-order valence-electron chi connectivity index (χ3n) is 5.12. The quantitative estimate of drug-likeness (QED) is 0.294. The Morgan fingerprint density at radius 1 is 1.19 bits per heavy atom. The zero-order chi connectivity index (χ0) is 26.6. The summed E-state index contributed by atoms with van der Waals surface area (Å²) in [4.78, 5) is 37.6. The summed E-state index contributed by atoms with van der Waals surface area (Å²) in [7, 11) is 0. The second kappa shape index (κ2) is 10.6. The third-order valence-corrected chi connectivity index (χ3v) is 5.12. The molecule has 0 spiro atoms. The first-order valence-corrected chi connectivity index (χ1v) is 10.4. The van der Waals surface area contributed by atoms with Gasteiger partial charge in [-0.2, -0.15) is 0 Å². The van der Waals surface area contributed by atoms with Gasteiger partial charge in [-0.05, 0) is 42.0 Å². The first-order chi connectivity index (χ1) is 16.9. The van der Waals surface area contributed by atoms with Crippen molar-refractivity contribution in [2.75, 3.05) is 23.4 Å². The second-order valence-corrected chi connectivity index (χ2v) is 7.61. The lowest BCUT2D eigenvalue weighted by Crippen LogP contribution is -2.39. The van der Waals surface area contributed by atoms with Gasteiger partial charge in [-0.15, -0.1) is 13.2 Å². The summed E-state index contributed by atoms with van der Waals surface area (Å²) < 4.78 is 41.2. The van der Waals surface area contributed by atoms with Crippen LogP contribution in [0.2, 0.25) is 0 Å². The number of amidine groups is 1. The highest BCUT2D eigenvalue weighted by atomic mass is 19.4. The van der Waals surface area contributed by atoms with E-state index in [9.17, 15) is 42.9 Å². The van der Waals surface area contributed by atoms with Gasteiger partial charge in [0, 0.05) is 24.3 Å². The van der Waals surface area contributed by atoms with Gasteiger partial charge in [-0.1, -0.05) is 0 Å². The number of amides is 2. The van der Waals surface area contributed by atoms with Crippen molar-refractivity contribution in [2.45, 2.75) is 25.4 Å². The molecule has 0 unspecified atom stereocenters. The number of aliphatic hydroxyl groups is 2. The lowest BCUT2D eigenvalue weighted by atomic mass is 10.1. The number of nitrogens with one attached hydrogen (secondary N) is 3. The zero-order valence-corrected chi connectivity index (χ0v) is 18.4. The fourth-order valence-electron chi connectivity index (χ4n) is 3.53. The molecule has 0 bridgehead atoms. The van der Waals surface area contributed by atoms with E-state index in [1.165, 1.54) is 6.07 Å². The molecule has 1 aliphatic heterocycles. The number of aromatic carboxylic acids is 1. The molecule has 0 saturated carbocycles. The molecule has 2 aromatic rings. The van der Waals surface area contributed by atoms with Crippen LogP contribution in [-0.4, -0.2) is 64.6 Å². The lowest BCUT2D eigenvalue weighted by Gasteiger charge is -2.25. The number of fused-ring (bicyclic) bond motifs is 1. The fraction of sp³-hybridized carbons (Fsp3) is 0.273. The summed E-state index contributed by atoms with van der Waals surface area (Å²) >= 11 is 0. The number of hydrogen-bond donors (Lipinski definition) is 6. The predicted octanol–water partition coefficient (Wildman–Crippen LogP) is 1.43. The SMILES string of the molecule is N=C1NCc2cc(NC(=O)[C@H](O)CC(=O)N(CCO)c3ccc(OC(F)(F)F)cc3C(=O)O)ccc21. The van der Waals surface area contributed by atoms with E-state index >= 15 is 0 Å². The molecule has 36 heavy (non-hydrogen) atoms. The summed E-state index contributed by atoms with van der Waals surface area (Å²) in [5, 5.41) is 42.0. The Balaban J connectivity index is 1.75. The van der Waals surface area contributed by atoms with Crippen LogP contribution in [0.25, 0.3) is 0 Å². The second-order valence-electron chi connectivity index (χ2n) is 7.61. The van der Waals surface area contributed by atoms with E-state index in [4.69, 9.17) is 5.41 Å². The largest absolute Gasteiger partial charge is 0.573 e. The molecule has 0 radical (unpaired) electrons. The Morgan fingerprint density at radius 2 is 1.92 bits per heavy atom. The molecule has 1 atom stereocenters. The number of rotatable bonds is 9. The molecule has 1 aliphatic rings. The molecule has 14 heteroatoms. The van der Waals surface area contributed by atoms with Crippen molar-refractivity contribution in [2.24, 2.45) is 0 Å². The molecule has 0 aromatic heterocycles. The number of carboxylic acids is 1. The van der Waals surface area contributed by atoms with Crippen LogP contribution in [0.5, 0.6) is 5.75 Å². The summed E-state index contributed by atoms with van der Waals surface area (Å²) in [5.74, 6) is -4.19. The maximum absolute atomic E-state index is 12.8. The highest BCUT2D eigenvalue weighted by molar-refractivity contribution is 6.05. The van der Waals surface area contributed by atoms with Gasteiger partial charge in [-0.25, -0.2) is 4.79 Å². The molecule has 11 nitrogen and oxygen atoms in total. The van der Waals surface area contributed by atoms with Crippen molar-refractivity contribution >= 4 is 35.0 Å². The van der Waals surface area contributed by atoms with Crippen LogP contribution < -0.4 is 20.3 Å². The van der Waals surface area contributed by atoms with Crippen LogP contribution in [0.3, 0.4) is 0 Å². The fourth-order valence-corrected chi connectivity index (χ4v) is 3.53.